The number of amides is 2. The van der Waals surface area contributed by atoms with Crippen molar-refractivity contribution in [3.05, 3.63) is 41.7 Å². The Bertz CT molecular complexity index is 860. The summed E-state index contributed by atoms with van der Waals surface area (Å²) < 4.78 is 27.7. The predicted molar refractivity (Wildman–Crippen MR) is 96.1 cm³/mol. The van der Waals surface area contributed by atoms with E-state index in [1.54, 1.807) is 12.1 Å². The molecule has 0 aliphatic carbocycles. The minimum atomic E-state index is -3.55. The fourth-order valence-corrected chi connectivity index (χ4v) is 3.23. The number of aromatic nitrogens is 2. The Morgan fingerprint density at radius 1 is 1.28 bits per heavy atom. The van der Waals surface area contributed by atoms with E-state index in [4.69, 9.17) is 0 Å². The molecular weight excluding hydrogens is 342 g/mol. The van der Waals surface area contributed by atoms with Crippen LogP contribution in [-0.4, -0.2) is 37.8 Å². The van der Waals surface area contributed by atoms with E-state index in [9.17, 15) is 13.2 Å². The largest absolute Gasteiger partial charge is 0.336 e. The molecule has 1 unspecified atom stereocenters. The van der Waals surface area contributed by atoms with Crippen LogP contribution in [0.25, 0.3) is 0 Å². The number of carbonyl (C=O) groups excluding carboxylic acids is 1. The zero-order valence-electron chi connectivity index (χ0n) is 14.7. The van der Waals surface area contributed by atoms with Crippen LogP contribution in [0.5, 0.6) is 0 Å². The van der Waals surface area contributed by atoms with Crippen molar-refractivity contribution in [2.45, 2.75) is 31.7 Å². The summed E-state index contributed by atoms with van der Waals surface area (Å²) in [5.74, 6) is 0. The average molecular weight is 365 g/mol. The number of urea groups is 1. The zero-order valence-corrected chi connectivity index (χ0v) is 15.5. The quantitative estimate of drug-likeness (QED) is 0.726. The topological polar surface area (TPSA) is 105 Å². The van der Waals surface area contributed by atoms with Crippen molar-refractivity contribution >= 4 is 21.7 Å². The average Bonchev–Trinajstić information content (AvgIpc) is 2.91. The highest BCUT2D eigenvalue weighted by molar-refractivity contribution is 7.89. The summed E-state index contributed by atoms with van der Waals surface area (Å²) in [4.78, 5) is 12.1. The molecule has 3 N–H and O–H groups in total. The predicted octanol–water partition coefficient (Wildman–Crippen LogP) is 1.79. The summed E-state index contributed by atoms with van der Waals surface area (Å²) in [5.41, 5.74) is 2.35. The number of nitrogens with zero attached hydrogens (tertiary/aromatic N) is 2. The second-order valence-corrected chi connectivity index (χ2v) is 7.68. The van der Waals surface area contributed by atoms with E-state index in [2.05, 4.69) is 20.5 Å². The van der Waals surface area contributed by atoms with Gasteiger partial charge in [-0.05, 0) is 52.1 Å². The van der Waals surface area contributed by atoms with Crippen molar-refractivity contribution in [3.63, 3.8) is 0 Å². The van der Waals surface area contributed by atoms with E-state index in [0.29, 0.717) is 12.2 Å². The number of hydrogen-bond acceptors (Lipinski definition) is 4. The number of aryl methyl sites for hydroxylation is 2. The normalized spacial score (nSPS) is 12.6. The van der Waals surface area contributed by atoms with Crippen LogP contribution in [-0.2, 0) is 10.0 Å². The van der Waals surface area contributed by atoms with E-state index in [-0.39, 0.29) is 10.9 Å². The molecular formula is C16H23N5O3S. The maximum atomic E-state index is 12.1. The van der Waals surface area contributed by atoms with Gasteiger partial charge >= 0.3 is 6.03 Å². The Morgan fingerprint density at radius 2 is 2.00 bits per heavy atom. The lowest BCUT2D eigenvalue weighted by Crippen LogP contribution is -2.33. The van der Waals surface area contributed by atoms with Crippen LogP contribution in [0, 0.1) is 13.8 Å². The molecule has 2 rings (SSSR count). The molecule has 1 heterocycles. The molecule has 1 aromatic carbocycles. The molecule has 0 bridgehead atoms. The molecule has 0 fully saturated rings. The van der Waals surface area contributed by atoms with Crippen LogP contribution >= 0.6 is 0 Å². The van der Waals surface area contributed by atoms with Gasteiger partial charge in [0, 0.05) is 17.9 Å². The Morgan fingerprint density at radius 3 is 2.60 bits per heavy atom. The van der Waals surface area contributed by atoms with Crippen LogP contribution in [0.3, 0.4) is 0 Å². The van der Waals surface area contributed by atoms with Gasteiger partial charge in [0.05, 0.1) is 16.6 Å². The Kier molecular flexibility index (Phi) is 5.81. The van der Waals surface area contributed by atoms with Crippen LogP contribution < -0.4 is 15.4 Å². The molecule has 8 nitrogen and oxygen atoms in total. The van der Waals surface area contributed by atoms with Crippen molar-refractivity contribution < 1.29 is 13.2 Å². The Hall–Kier alpha value is -2.39. The highest BCUT2D eigenvalue weighted by atomic mass is 32.2. The minimum Gasteiger partial charge on any atom is -0.336 e. The number of nitrogens with one attached hydrogen (secondary N) is 3. The molecule has 1 aromatic heterocycles. The van der Waals surface area contributed by atoms with Crippen LogP contribution in [0.2, 0.25) is 0 Å². The van der Waals surface area contributed by atoms with E-state index < -0.39 is 16.1 Å². The number of hydrogen-bond donors (Lipinski definition) is 3. The molecule has 2 aromatic rings. The second kappa shape index (κ2) is 7.66. The van der Waals surface area contributed by atoms with Gasteiger partial charge in [-0.2, -0.15) is 5.10 Å². The van der Waals surface area contributed by atoms with Gasteiger partial charge in [-0.3, -0.25) is 4.68 Å². The van der Waals surface area contributed by atoms with E-state index in [1.807, 2.05) is 31.5 Å². The fourth-order valence-electron chi connectivity index (χ4n) is 2.45. The lowest BCUT2D eigenvalue weighted by Gasteiger charge is -2.16. The van der Waals surface area contributed by atoms with Crippen molar-refractivity contribution in [1.82, 2.24) is 19.8 Å². The molecule has 9 heteroatoms. The molecule has 2 amide bonds. The zero-order chi connectivity index (χ0) is 18.6. The molecule has 25 heavy (non-hydrogen) atoms. The molecule has 136 valence electrons. The molecule has 0 radical (unpaired) electrons. The highest BCUT2D eigenvalue weighted by Crippen LogP contribution is 2.15. The monoisotopic (exact) mass is 365 g/mol. The van der Waals surface area contributed by atoms with Gasteiger partial charge in [-0.15, -0.1) is 0 Å². The first-order valence-corrected chi connectivity index (χ1v) is 9.32. The van der Waals surface area contributed by atoms with E-state index in [0.717, 1.165) is 11.4 Å². The van der Waals surface area contributed by atoms with Gasteiger partial charge < -0.3 is 10.6 Å². The van der Waals surface area contributed by atoms with Crippen LogP contribution in [0.1, 0.15) is 24.4 Å². The van der Waals surface area contributed by atoms with E-state index in [1.165, 1.54) is 19.2 Å². The lowest BCUT2D eigenvalue weighted by atomic mass is 10.3. The summed E-state index contributed by atoms with van der Waals surface area (Å²) in [6.07, 6.45) is 0. The van der Waals surface area contributed by atoms with Gasteiger partial charge in [0.1, 0.15) is 0 Å². The lowest BCUT2D eigenvalue weighted by molar-refractivity contribution is 0.250. The Balaban J connectivity index is 1.97. The summed E-state index contributed by atoms with van der Waals surface area (Å²) in [5, 5.41) is 9.79. The standard InChI is InChI=1S/C16H23N5O3S/c1-11-8-12(2)21(20-11)13(3)10-18-16(22)19-14-6-5-7-15(9-14)25(23,24)17-4/h5-9,13,17H,10H2,1-4H3,(H2,18,19,22). The van der Waals surface area contributed by atoms with Crippen molar-refractivity contribution in [2.75, 3.05) is 18.9 Å². The van der Waals surface area contributed by atoms with Gasteiger partial charge in [0.25, 0.3) is 0 Å². The maximum absolute atomic E-state index is 12.1. The van der Waals surface area contributed by atoms with Crippen molar-refractivity contribution in [3.8, 4) is 0 Å². The molecule has 0 aliphatic rings. The number of benzene rings is 1. The summed E-state index contributed by atoms with van der Waals surface area (Å²) >= 11 is 0. The van der Waals surface area contributed by atoms with Gasteiger partial charge in [-0.1, -0.05) is 6.07 Å². The summed E-state index contributed by atoms with van der Waals surface area (Å²) in [6.45, 7) is 6.23. The number of rotatable bonds is 6. The SMILES string of the molecule is CNS(=O)(=O)c1cccc(NC(=O)NCC(C)n2nc(C)cc2C)c1. The molecule has 0 saturated carbocycles. The molecule has 0 aliphatic heterocycles. The summed E-state index contributed by atoms with van der Waals surface area (Å²) in [7, 11) is -2.22. The third-order valence-corrected chi connectivity index (χ3v) is 5.10. The first-order chi connectivity index (χ1) is 11.7. The molecule has 0 spiro atoms. The highest BCUT2D eigenvalue weighted by Gasteiger charge is 2.13. The molecule has 1 atom stereocenters. The number of anilines is 1. The van der Waals surface area contributed by atoms with Gasteiger partial charge in [0.15, 0.2) is 0 Å². The number of carbonyl (C=O) groups is 1. The first kappa shape index (κ1) is 18.9. The fraction of sp³-hybridized carbons (Fsp3) is 0.375. The third-order valence-electron chi connectivity index (χ3n) is 3.69. The summed E-state index contributed by atoms with van der Waals surface area (Å²) in [6, 6.07) is 7.61. The smallest absolute Gasteiger partial charge is 0.319 e. The maximum Gasteiger partial charge on any atom is 0.319 e. The second-order valence-electron chi connectivity index (χ2n) is 5.79. The molecule has 0 saturated heterocycles. The Labute approximate surface area is 147 Å². The van der Waals surface area contributed by atoms with Crippen LogP contribution in [0.4, 0.5) is 10.5 Å². The first-order valence-electron chi connectivity index (χ1n) is 7.84. The van der Waals surface area contributed by atoms with Crippen molar-refractivity contribution in [1.29, 1.82) is 0 Å². The van der Waals surface area contributed by atoms with Crippen LogP contribution in [0.15, 0.2) is 35.2 Å². The van der Waals surface area contributed by atoms with Gasteiger partial charge in [-0.25, -0.2) is 17.9 Å². The minimum absolute atomic E-state index is 0.00421. The van der Waals surface area contributed by atoms with Crippen molar-refractivity contribution in [2.24, 2.45) is 0 Å². The third kappa shape index (κ3) is 4.80. The van der Waals surface area contributed by atoms with Gasteiger partial charge in [0.2, 0.25) is 10.0 Å². The van der Waals surface area contributed by atoms with E-state index >= 15 is 0 Å². The number of sulfonamides is 1.